The molecular formula is C25H29N5O3S. The number of likely N-dealkylation sites (tertiary alicyclic amines) is 1. The number of aliphatic imine (C=N–C) groups is 1. The van der Waals surface area contributed by atoms with Gasteiger partial charge >= 0.3 is 0 Å². The number of thiol groups is 1. The first kappa shape index (κ1) is 23.0. The Morgan fingerprint density at radius 1 is 1.38 bits per heavy atom. The summed E-state index contributed by atoms with van der Waals surface area (Å²) in [4.78, 5) is 38.2. The van der Waals surface area contributed by atoms with E-state index in [1.54, 1.807) is 23.9 Å². The number of rotatable bonds is 4. The number of anilines is 1. The van der Waals surface area contributed by atoms with Crippen LogP contribution in [0.25, 0.3) is 6.08 Å². The number of hydrogen-bond acceptors (Lipinski definition) is 7. The number of aromatic nitrogens is 1. The van der Waals surface area contributed by atoms with Crippen LogP contribution < -0.4 is 5.32 Å². The molecule has 2 saturated heterocycles. The molecule has 178 valence electrons. The summed E-state index contributed by atoms with van der Waals surface area (Å²) >= 11 is 4.05. The molecule has 0 saturated carbocycles. The third-order valence-corrected chi connectivity index (χ3v) is 7.20. The Balaban J connectivity index is 1.23. The molecule has 0 spiro atoms. The first-order valence-electron chi connectivity index (χ1n) is 11.6. The lowest BCUT2D eigenvalue weighted by Crippen LogP contribution is -2.49. The van der Waals surface area contributed by atoms with Crippen LogP contribution in [0, 0.1) is 11.8 Å². The number of nitrogens with zero attached hydrogens (tertiary/aromatic N) is 4. The molecule has 2 fully saturated rings. The SMILES string of the molecule is CC(=N/C=C\S)C1=CC2CN(C(=O)/C=C/c3cnc4c(c3)CN3CCOCC3C(=O)N4)CC2C1. The number of carbonyl (C=O) groups is 2. The van der Waals surface area contributed by atoms with Gasteiger partial charge in [-0.05, 0) is 53.9 Å². The monoisotopic (exact) mass is 479 g/mol. The van der Waals surface area contributed by atoms with Gasteiger partial charge in [-0.2, -0.15) is 0 Å². The molecule has 1 aliphatic carbocycles. The fourth-order valence-corrected chi connectivity index (χ4v) is 5.27. The average Bonchev–Trinajstić information content (AvgIpc) is 3.38. The van der Waals surface area contributed by atoms with Crippen LogP contribution in [0.5, 0.6) is 0 Å². The molecule has 1 N–H and O–H groups in total. The maximum Gasteiger partial charge on any atom is 0.246 e. The molecule has 3 atom stereocenters. The fourth-order valence-electron chi connectivity index (χ4n) is 5.20. The van der Waals surface area contributed by atoms with E-state index in [1.807, 2.05) is 24.0 Å². The molecule has 9 heteroatoms. The van der Waals surface area contributed by atoms with E-state index in [0.717, 1.165) is 36.3 Å². The molecule has 1 aromatic heterocycles. The Labute approximate surface area is 204 Å². The molecule has 0 aromatic carbocycles. The van der Waals surface area contributed by atoms with E-state index in [9.17, 15) is 9.59 Å². The van der Waals surface area contributed by atoms with Crippen LogP contribution in [0.4, 0.5) is 5.82 Å². The minimum absolute atomic E-state index is 0.0178. The number of morpholine rings is 1. The van der Waals surface area contributed by atoms with E-state index in [4.69, 9.17) is 4.74 Å². The summed E-state index contributed by atoms with van der Waals surface area (Å²) in [5.74, 6) is 1.36. The maximum atomic E-state index is 12.9. The van der Waals surface area contributed by atoms with Gasteiger partial charge in [0.05, 0.1) is 13.2 Å². The summed E-state index contributed by atoms with van der Waals surface area (Å²) in [6, 6.07) is 1.71. The van der Waals surface area contributed by atoms with Crippen molar-refractivity contribution in [2.24, 2.45) is 16.8 Å². The van der Waals surface area contributed by atoms with E-state index < -0.39 is 0 Å². The highest BCUT2D eigenvalue weighted by Gasteiger charge is 2.38. The standard InChI is InChI=1S/C25H29N5O3S/c1-16(26-4-7-34)18-9-19-12-30(13-20(19)10-18)23(31)3-2-17-8-21-14-29-5-6-33-15-22(29)25(32)28-24(21)27-11-17/h2-4,7-9,11,19-20,22,34H,5-6,10,12-15H2,1H3,(H,27,28,32)/b3-2+,7-4-,26-16?. The second-order valence-corrected chi connectivity index (χ2v) is 9.53. The second kappa shape index (κ2) is 9.85. The molecular weight excluding hydrogens is 450 g/mol. The average molecular weight is 480 g/mol. The minimum Gasteiger partial charge on any atom is -0.378 e. The normalized spacial score (nSPS) is 27.4. The van der Waals surface area contributed by atoms with Gasteiger partial charge < -0.3 is 15.0 Å². The molecule has 5 rings (SSSR count). The van der Waals surface area contributed by atoms with Crippen molar-refractivity contribution < 1.29 is 14.3 Å². The number of pyridine rings is 1. The zero-order valence-electron chi connectivity index (χ0n) is 19.2. The summed E-state index contributed by atoms with van der Waals surface area (Å²) in [7, 11) is 0. The quantitative estimate of drug-likeness (QED) is 0.394. The van der Waals surface area contributed by atoms with Gasteiger partial charge in [-0.1, -0.05) is 6.08 Å². The number of fused-ring (bicyclic) bond motifs is 3. The van der Waals surface area contributed by atoms with Crippen LogP contribution in [0.15, 0.2) is 46.6 Å². The van der Waals surface area contributed by atoms with Gasteiger partial charge in [0, 0.05) is 55.9 Å². The molecule has 0 radical (unpaired) electrons. The predicted octanol–water partition coefficient (Wildman–Crippen LogP) is 2.51. The van der Waals surface area contributed by atoms with E-state index in [-0.39, 0.29) is 17.9 Å². The third kappa shape index (κ3) is 4.73. The van der Waals surface area contributed by atoms with Crippen LogP contribution in [0.2, 0.25) is 0 Å². The molecule has 3 aliphatic heterocycles. The first-order valence-corrected chi connectivity index (χ1v) is 12.2. The highest BCUT2D eigenvalue weighted by molar-refractivity contribution is 7.83. The number of amides is 2. The molecule has 4 aliphatic rings. The van der Waals surface area contributed by atoms with Gasteiger partial charge in [0.1, 0.15) is 11.9 Å². The lowest BCUT2D eigenvalue weighted by Gasteiger charge is -2.32. The molecule has 3 unspecified atom stereocenters. The summed E-state index contributed by atoms with van der Waals surface area (Å²) in [5, 5.41) is 4.54. The van der Waals surface area contributed by atoms with Gasteiger partial charge in [0.2, 0.25) is 11.8 Å². The highest BCUT2D eigenvalue weighted by atomic mass is 32.1. The van der Waals surface area contributed by atoms with Gasteiger partial charge in [-0.25, -0.2) is 4.98 Å². The van der Waals surface area contributed by atoms with Gasteiger partial charge in [0.15, 0.2) is 0 Å². The Morgan fingerprint density at radius 3 is 3.09 bits per heavy atom. The van der Waals surface area contributed by atoms with Gasteiger partial charge in [-0.3, -0.25) is 19.5 Å². The van der Waals surface area contributed by atoms with Crippen LogP contribution in [-0.2, 0) is 20.9 Å². The number of nitrogens with one attached hydrogen (secondary N) is 1. The van der Waals surface area contributed by atoms with Crippen molar-refractivity contribution in [3.05, 3.63) is 52.7 Å². The summed E-state index contributed by atoms with van der Waals surface area (Å²) in [5.41, 5.74) is 4.09. The van der Waals surface area contributed by atoms with Crippen molar-refractivity contribution >= 4 is 42.0 Å². The molecule has 8 nitrogen and oxygen atoms in total. The topological polar surface area (TPSA) is 87.1 Å². The molecule has 1 aromatic rings. The number of carbonyl (C=O) groups excluding carboxylic acids is 2. The Bertz CT molecular complexity index is 1110. The smallest absolute Gasteiger partial charge is 0.246 e. The second-order valence-electron chi connectivity index (χ2n) is 9.24. The van der Waals surface area contributed by atoms with Gasteiger partial charge in [-0.15, -0.1) is 12.6 Å². The highest BCUT2D eigenvalue weighted by Crippen LogP contribution is 2.37. The van der Waals surface area contributed by atoms with Crippen molar-refractivity contribution in [2.75, 3.05) is 38.2 Å². The Morgan fingerprint density at radius 2 is 2.26 bits per heavy atom. The van der Waals surface area contributed by atoms with Crippen LogP contribution in [0.1, 0.15) is 24.5 Å². The molecule has 0 bridgehead atoms. The largest absolute Gasteiger partial charge is 0.378 e. The van der Waals surface area contributed by atoms with Crippen LogP contribution in [-0.4, -0.2) is 71.2 Å². The van der Waals surface area contributed by atoms with E-state index in [2.05, 4.69) is 38.9 Å². The maximum absolute atomic E-state index is 12.9. The van der Waals surface area contributed by atoms with E-state index >= 15 is 0 Å². The van der Waals surface area contributed by atoms with Crippen molar-refractivity contribution in [3.63, 3.8) is 0 Å². The lowest BCUT2D eigenvalue weighted by atomic mass is 9.99. The molecule has 4 heterocycles. The summed E-state index contributed by atoms with van der Waals surface area (Å²) < 4.78 is 5.47. The minimum atomic E-state index is -0.290. The van der Waals surface area contributed by atoms with E-state index in [1.165, 1.54) is 5.57 Å². The van der Waals surface area contributed by atoms with E-state index in [0.29, 0.717) is 44.0 Å². The lowest BCUT2D eigenvalue weighted by molar-refractivity contribution is -0.127. The van der Waals surface area contributed by atoms with Crippen molar-refractivity contribution in [3.8, 4) is 0 Å². The fraction of sp³-hybridized carbons (Fsp3) is 0.440. The zero-order chi connectivity index (χ0) is 23.7. The zero-order valence-corrected chi connectivity index (χ0v) is 20.1. The van der Waals surface area contributed by atoms with Crippen LogP contribution in [0.3, 0.4) is 0 Å². The summed E-state index contributed by atoms with van der Waals surface area (Å²) in [6.45, 7) is 5.87. The number of allylic oxidation sites excluding steroid dienone is 1. The van der Waals surface area contributed by atoms with Crippen LogP contribution >= 0.6 is 12.6 Å². The van der Waals surface area contributed by atoms with Crippen molar-refractivity contribution in [2.45, 2.75) is 25.9 Å². The molecule has 34 heavy (non-hydrogen) atoms. The van der Waals surface area contributed by atoms with Gasteiger partial charge in [0.25, 0.3) is 0 Å². The number of hydrogen-bond donors (Lipinski definition) is 2. The Hall–Kier alpha value is -2.75. The Kier molecular flexibility index (Phi) is 6.67. The predicted molar refractivity (Wildman–Crippen MR) is 134 cm³/mol. The van der Waals surface area contributed by atoms with Crippen molar-refractivity contribution in [1.82, 2.24) is 14.8 Å². The number of ether oxygens (including phenoxy) is 1. The molecule has 2 amide bonds. The third-order valence-electron chi connectivity index (χ3n) is 7.06. The van der Waals surface area contributed by atoms with Crippen molar-refractivity contribution in [1.29, 1.82) is 0 Å². The first-order chi connectivity index (χ1) is 16.5. The summed E-state index contributed by atoms with van der Waals surface area (Å²) in [6.07, 6.45) is 10.1.